The second kappa shape index (κ2) is 39.4. The molecular formula is C67H94FN13O14S. The molecule has 29 heteroatoms. The number of thioether (sulfide) groups is 1. The summed E-state index contributed by atoms with van der Waals surface area (Å²) in [5, 5.41) is 27.8. The number of hydrogen-bond donors (Lipinski definition) is 4. The largest absolute Gasteiger partial charge is 0.494 e. The number of halogens is 1. The van der Waals surface area contributed by atoms with Crippen LogP contribution in [0.5, 0.6) is 5.75 Å². The maximum Gasteiger partial charge on any atom is 0.317 e. The molecular weight excluding hydrogens is 1260 g/mol. The predicted octanol–water partition coefficient (Wildman–Crippen LogP) is 2.43. The number of carboxylic acid groups (broad SMARTS) is 1. The number of fused-ring (bicyclic) bond motifs is 1. The van der Waals surface area contributed by atoms with Crippen molar-refractivity contribution >= 4 is 82.9 Å². The summed E-state index contributed by atoms with van der Waals surface area (Å²) in [5.41, 5.74) is 1.51. The number of amides is 7. The van der Waals surface area contributed by atoms with E-state index in [1.807, 2.05) is 32.6 Å². The zero-order valence-electron chi connectivity index (χ0n) is 55.3. The van der Waals surface area contributed by atoms with Crippen LogP contribution in [-0.4, -0.2) is 283 Å². The molecule has 0 spiro atoms. The van der Waals surface area contributed by atoms with E-state index < -0.39 is 47.3 Å². The molecule has 0 saturated carbocycles. The van der Waals surface area contributed by atoms with Crippen molar-refractivity contribution < 1.29 is 71.7 Å². The zero-order chi connectivity index (χ0) is 68.8. The fourth-order valence-electron chi connectivity index (χ4n) is 12.2. The molecule has 4 fully saturated rings. The van der Waals surface area contributed by atoms with Crippen LogP contribution in [0.15, 0.2) is 54.7 Å². The van der Waals surface area contributed by atoms with Crippen molar-refractivity contribution in [1.29, 1.82) is 5.26 Å². The SMILES string of the molecule is Cc1ccc(CCCC(=O)NCCCCC(CSC2CC(=O)N(CCCC(=O)N3CCN(CCCCOc4ccc5nccc(C(=O)NCC(=O)N6CC(C)(F)C[C@@H]6C#N)c5c4)CC3)C2=O)NC(=O)CN2CCN(COC=O)CCN(COC=O)CCN(CC(=O)O)CC2)cc1. The number of imide groups is 1. The van der Waals surface area contributed by atoms with Crippen LogP contribution in [-0.2, 0) is 59.0 Å². The molecule has 2 aromatic carbocycles. The molecule has 4 saturated heterocycles. The van der Waals surface area contributed by atoms with Gasteiger partial charge in [-0.05, 0) is 102 Å². The van der Waals surface area contributed by atoms with Crippen molar-refractivity contribution in [2.75, 3.05) is 150 Å². The lowest BCUT2D eigenvalue weighted by Crippen LogP contribution is -2.50. The first-order valence-corrected chi connectivity index (χ1v) is 34.3. The number of aliphatic carboxylic acids is 1. The molecule has 4 atom stereocenters. The fraction of sp³-hybridized carbons (Fsp3) is 0.612. The number of nitrogens with one attached hydrogen (secondary N) is 3. The summed E-state index contributed by atoms with van der Waals surface area (Å²) in [6.07, 6.45) is 7.15. The van der Waals surface area contributed by atoms with E-state index in [0.29, 0.717) is 166 Å². The summed E-state index contributed by atoms with van der Waals surface area (Å²) < 4.78 is 30.8. The van der Waals surface area contributed by atoms with Gasteiger partial charge in [0.25, 0.3) is 18.9 Å². The van der Waals surface area contributed by atoms with Gasteiger partial charge in [-0.1, -0.05) is 29.8 Å². The highest BCUT2D eigenvalue weighted by molar-refractivity contribution is 8.00. The van der Waals surface area contributed by atoms with E-state index in [0.717, 1.165) is 30.7 Å². The van der Waals surface area contributed by atoms with E-state index >= 15 is 0 Å². The number of aryl methyl sites for hydroxylation is 2. The molecule has 27 nitrogen and oxygen atoms in total. The molecule has 5 heterocycles. The second-order valence-electron chi connectivity index (χ2n) is 25.2. The van der Waals surface area contributed by atoms with Gasteiger partial charge in [0.1, 0.15) is 30.9 Å². The van der Waals surface area contributed by atoms with E-state index in [2.05, 4.69) is 50.1 Å². The second-order valence-corrected chi connectivity index (χ2v) is 26.4. The molecule has 3 unspecified atom stereocenters. The Kier molecular flexibility index (Phi) is 31.0. The summed E-state index contributed by atoms with van der Waals surface area (Å²) in [5.74, 6) is -2.25. The standard InChI is InChI=1S/C67H94FN13O14S/c1-50-13-15-51(16-14-50)9-7-11-59(84)71-20-4-3-10-52(73-60(85)42-75-24-25-76(43-64(89)90)27-29-78(47-94-49-83)31-30-77(28-26-75)46-93-48-82)44-96-58-38-62(87)80(66(58)92)23-8-12-61(86)79-34-32-74(33-35-79)22-5-6-36-95-54-17-18-57-56(37-54)55(19-21-70-57)65(91)72-41-63(88)81-45-67(2,68)39-53(81)40-69/h13-19,21,37,48-49,52-53,58H,3-12,20,22-36,38-39,41-47H2,1-2H3,(H,71,84)(H,72,91)(H,73,85)(H,89,90)/t52?,53-,58?,67?/m1/s1. The van der Waals surface area contributed by atoms with E-state index in [9.17, 15) is 62.7 Å². The number of aromatic nitrogens is 1. The van der Waals surface area contributed by atoms with Gasteiger partial charge in [-0.3, -0.25) is 82.3 Å². The van der Waals surface area contributed by atoms with Crippen LogP contribution in [0.25, 0.3) is 10.9 Å². The lowest BCUT2D eigenvalue weighted by atomic mass is 10.1. The van der Waals surface area contributed by atoms with E-state index in [-0.39, 0.29) is 94.0 Å². The molecule has 4 aliphatic heterocycles. The number of unbranched alkanes of at least 4 members (excludes halogenated alkanes) is 2. The summed E-state index contributed by atoms with van der Waals surface area (Å²) >= 11 is 1.31. The molecule has 0 bridgehead atoms. The van der Waals surface area contributed by atoms with Crippen LogP contribution in [0.4, 0.5) is 4.39 Å². The number of carbonyl (C=O) groups is 10. The van der Waals surface area contributed by atoms with E-state index in [1.54, 1.807) is 29.2 Å². The third-order valence-electron chi connectivity index (χ3n) is 17.6. The smallest absolute Gasteiger partial charge is 0.317 e. The number of hydrogen-bond acceptors (Lipinski definition) is 21. The molecule has 1 aromatic heterocycles. The Morgan fingerprint density at radius 1 is 0.771 bits per heavy atom. The van der Waals surface area contributed by atoms with E-state index in [1.165, 1.54) is 40.9 Å². The Balaban J connectivity index is 0.837. The molecule has 7 rings (SSSR count). The quantitative estimate of drug-likeness (QED) is 0.0369. The monoisotopic (exact) mass is 1360 g/mol. The number of piperazine rings is 1. The topological polar surface area (TPSA) is 317 Å². The number of rotatable bonds is 36. The molecule has 0 radical (unpaired) electrons. The Hall–Kier alpha value is -7.88. The number of ether oxygens (including phenoxy) is 3. The first-order chi connectivity index (χ1) is 46.3. The maximum atomic E-state index is 14.6. The van der Waals surface area contributed by atoms with Crippen molar-refractivity contribution in [3.05, 3.63) is 71.4 Å². The Morgan fingerprint density at radius 2 is 1.44 bits per heavy atom. The first-order valence-electron chi connectivity index (χ1n) is 33.3. The summed E-state index contributed by atoms with van der Waals surface area (Å²) in [4.78, 5) is 146. The minimum absolute atomic E-state index is 0.00258. The number of carboxylic acids is 1. The van der Waals surface area contributed by atoms with Crippen LogP contribution < -0.4 is 20.7 Å². The van der Waals surface area contributed by atoms with Crippen LogP contribution in [0.3, 0.4) is 0 Å². The molecule has 3 aromatic rings. The average molecular weight is 1360 g/mol. The highest BCUT2D eigenvalue weighted by atomic mass is 32.2. The van der Waals surface area contributed by atoms with Crippen LogP contribution in [0.1, 0.15) is 99.0 Å². The Labute approximate surface area is 565 Å². The third kappa shape index (κ3) is 25.3. The minimum Gasteiger partial charge on any atom is -0.494 e. The normalized spacial score (nSPS) is 20.0. The van der Waals surface area contributed by atoms with Gasteiger partial charge in [0.2, 0.25) is 35.4 Å². The van der Waals surface area contributed by atoms with Gasteiger partial charge in [0.05, 0.1) is 55.2 Å². The number of benzene rings is 2. The van der Waals surface area contributed by atoms with Gasteiger partial charge in [-0.25, -0.2) is 4.39 Å². The summed E-state index contributed by atoms with van der Waals surface area (Å²) in [6, 6.07) is 15.7. The maximum absolute atomic E-state index is 14.6. The van der Waals surface area contributed by atoms with Crippen molar-refractivity contribution in [3.8, 4) is 11.8 Å². The van der Waals surface area contributed by atoms with Gasteiger partial charge < -0.3 is 45.1 Å². The first kappa shape index (κ1) is 75.5. The highest BCUT2D eigenvalue weighted by Crippen LogP contribution is 2.31. The number of nitriles is 1. The molecule has 96 heavy (non-hydrogen) atoms. The number of likely N-dealkylation sites (tertiary alicyclic amines) is 2. The number of nitrogens with zero attached hydrogens (tertiary/aromatic N) is 10. The summed E-state index contributed by atoms with van der Waals surface area (Å²) in [7, 11) is 0. The van der Waals surface area contributed by atoms with Crippen molar-refractivity contribution in [2.24, 2.45) is 0 Å². The van der Waals surface area contributed by atoms with E-state index in [4.69, 9.17) is 14.2 Å². The fourth-order valence-corrected chi connectivity index (χ4v) is 13.4. The van der Waals surface area contributed by atoms with Gasteiger partial charge in [0.15, 0.2) is 0 Å². The lowest BCUT2D eigenvalue weighted by Gasteiger charge is -2.35. The number of alkyl halides is 1. The molecule has 0 aliphatic carbocycles. The van der Waals surface area contributed by atoms with Crippen molar-refractivity contribution in [2.45, 2.75) is 114 Å². The summed E-state index contributed by atoms with van der Waals surface area (Å²) in [6.45, 7) is 10.3. The third-order valence-corrected chi connectivity index (χ3v) is 19.0. The van der Waals surface area contributed by atoms with Gasteiger partial charge in [-0.15, -0.1) is 11.8 Å². The van der Waals surface area contributed by atoms with Crippen LogP contribution >= 0.6 is 11.8 Å². The van der Waals surface area contributed by atoms with Gasteiger partial charge in [-0.2, -0.15) is 5.26 Å². The molecule has 524 valence electrons. The number of carbonyl (C=O) groups excluding carboxylic acids is 9. The molecule has 4 aliphatic rings. The highest BCUT2D eigenvalue weighted by Gasteiger charge is 2.44. The Morgan fingerprint density at radius 3 is 2.10 bits per heavy atom. The average Bonchev–Trinajstić information content (AvgIpc) is 1.59. The van der Waals surface area contributed by atoms with Crippen LogP contribution in [0.2, 0.25) is 0 Å². The number of pyridine rings is 1. The Bertz CT molecular complexity index is 3140. The van der Waals surface area contributed by atoms with Crippen molar-refractivity contribution in [3.63, 3.8) is 0 Å². The van der Waals surface area contributed by atoms with Gasteiger partial charge >= 0.3 is 5.97 Å². The lowest BCUT2D eigenvalue weighted by molar-refractivity contribution is -0.140. The predicted molar refractivity (Wildman–Crippen MR) is 354 cm³/mol. The van der Waals surface area contributed by atoms with Crippen LogP contribution in [0, 0.1) is 18.3 Å². The zero-order valence-corrected chi connectivity index (χ0v) is 56.2. The minimum atomic E-state index is -1.68. The molecule has 4 N–H and O–H groups in total. The van der Waals surface area contributed by atoms with Crippen molar-refractivity contribution in [1.82, 2.24) is 60.1 Å². The van der Waals surface area contributed by atoms with Gasteiger partial charge in [0, 0.05) is 141 Å². The molecule has 7 amide bonds.